The standard InChI is InChI=1S/C11H13Cl/c12-11-6-2-1-3-10(11)8-4-5-9(11)7-8/h1,3-5,8-10H,2,6-7H2. The van der Waals surface area contributed by atoms with Crippen LogP contribution in [-0.4, -0.2) is 4.87 Å². The van der Waals surface area contributed by atoms with Gasteiger partial charge in [-0.3, -0.25) is 0 Å². The van der Waals surface area contributed by atoms with Gasteiger partial charge in [0.2, 0.25) is 0 Å². The van der Waals surface area contributed by atoms with E-state index < -0.39 is 0 Å². The van der Waals surface area contributed by atoms with Crippen molar-refractivity contribution in [1.82, 2.24) is 0 Å². The lowest BCUT2D eigenvalue weighted by atomic mass is 9.76. The fourth-order valence-corrected chi connectivity index (χ4v) is 3.66. The third-order valence-corrected chi connectivity index (χ3v) is 4.51. The maximum absolute atomic E-state index is 6.67. The summed E-state index contributed by atoms with van der Waals surface area (Å²) in [7, 11) is 0. The summed E-state index contributed by atoms with van der Waals surface area (Å²) in [5.74, 6) is 2.06. The van der Waals surface area contributed by atoms with Gasteiger partial charge in [-0.2, -0.15) is 0 Å². The minimum atomic E-state index is 0.105. The molecule has 1 saturated carbocycles. The van der Waals surface area contributed by atoms with E-state index in [4.69, 9.17) is 11.6 Å². The molecule has 1 fully saturated rings. The van der Waals surface area contributed by atoms with Gasteiger partial charge >= 0.3 is 0 Å². The summed E-state index contributed by atoms with van der Waals surface area (Å²) in [6.45, 7) is 0. The molecule has 4 unspecified atom stereocenters. The second kappa shape index (κ2) is 2.17. The summed E-state index contributed by atoms with van der Waals surface area (Å²) in [5.41, 5.74) is 0. The van der Waals surface area contributed by atoms with Gasteiger partial charge in [-0.05, 0) is 31.1 Å². The van der Waals surface area contributed by atoms with Gasteiger partial charge in [0.1, 0.15) is 0 Å². The molecular weight excluding hydrogens is 168 g/mol. The van der Waals surface area contributed by atoms with Gasteiger partial charge in [0, 0.05) is 5.92 Å². The number of fused-ring (bicyclic) bond motifs is 5. The predicted octanol–water partition coefficient (Wildman–Crippen LogP) is 3.14. The van der Waals surface area contributed by atoms with E-state index in [1.165, 1.54) is 19.3 Å². The number of hydrogen-bond acceptors (Lipinski definition) is 0. The average molecular weight is 181 g/mol. The molecule has 0 saturated heterocycles. The number of halogens is 1. The van der Waals surface area contributed by atoms with Crippen LogP contribution < -0.4 is 0 Å². The zero-order valence-corrected chi connectivity index (χ0v) is 7.80. The molecular formula is C11H13Cl. The van der Waals surface area contributed by atoms with Crippen LogP contribution in [-0.2, 0) is 0 Å². The average Bonchev–Trinajstić information content (AvgIpc) is 2.62. The Hall–Kier alpha value is -0.230. The van der Waals surface area contributed by atoms with Crippen molar-refractivity contribution >= 4 is 11.6 Å². The Morgan fingerprint density at radius 2 is 2.17 bits per heavy atom. The fourth-order valence-electron chi connectivity index (χ4n) is 3.15. The predicted molar refractivity (Wildman–Crippen MR) is 51.2 cm³/mol. The highest BCUT2D eigenvalue weighted by Gasteiger charge is 2.54. The molecule has 3 aliphatic rings. The summed E-state index contributed by atoms with van der Waals surface area (Å²) in [5, 5.41) is 0. The SMILES string of the molecule is ClC12CCC=CC1C1C=CC2C1. The lowest BCUT2D eigenvalue weighted by molar-refractivity contribution is 0.370. The van der Waals surface area contributed by atoms with Crippen LogP contribution in [0.25, 0.3) is 0 Å². The summed E-state index contributed by atoms with van der Waals surface area (Å²) in [6.07, 6.45) is 13.0. The van der Waals surface area contributed by atoms with Crippen molar-refractivity contribution in [2.45, 2.75) is 24.1 Å². The molecule has 12 heavy (non-hydrogen) atoms. The van der Waals surface area contributed by atoms with Gasteiger partial charge in [-0.25, -0.2) is 0 Å². The van der Waals surface area contributed by atoms with Crippen molar-refractivity contribution < 1.29 is 0 Å². The van der Waals surface area contributed by atoms with E-state index in [1.807, 2.05) is 0 Å². The van der Waals surface area contributed by atoms with Gasteiger partial charge < -0.3 is 0 Å². The molecule has 0 aromatic carbocycles. The summed E-state index contributed by atoms with van der Waals surface area (Å²) >= 11 is 6.67. The van der Waals surface area contributed by atoms with Crippen molar-refractivity contribution in [1.29, 1.82) is 0 Å². The van der Waals surface area contributed by atoms with Crippen LogP contribution >= 0.6 is 11.6 Å². The van der Waals surface area contributed by atoms with Crippen LogP contribution in [0.15, 0.2) is 24.3 Å². The van der Waals surface area contributed by atoms with Gasteiger partial charge in [-0.1, -0.05) is 24.3 Å². The Kier molecular flexibility index (Phi) is 1.30. The third kappa shape index (κ3) is 0.700. The monoisotopic (exact) mass is 180 g/mol. The lowest BCUT2D eigenvalue weighted by Crippen LogP contribution is -2.36. The van der Waals surface area contributed by atoms with Crippen molar-refractivity contribution in [3.05, 3.63) is 24.3 Å². The van der Waals surface area contributed by atoms with E-state index in [9.17, 15) is 0 Å². The molecule has 0 spiro atoms. The molecule has 0 aromatic rings. The van der Waals surface area contributed by atoms with E-state index in [-0.39, 0.29) is 4.87 Å². The van der Waals surface area contributed by atoms with Gasteiger partial charge in [0.15, 0.2) is 0 Å². The minimum Gasteiger partial charge on any atom is -0.118 e. The molecule has 64 valence electrons. The quantitative estimate of drug-likeness (QED) is 0.397. The zero-order valence-electron chi connectivity index (χ0n) is 7.04. The number of allylic oxidation sites excluding steroid dienone is 4. The van der Waals surface area contributed by atoms with Crippen molar-refractivity contribution in [3.63, 3.8) is 0 Å². The van der Waals surface area contributed by atoms with Crippen LogP contribution in [0.5, 0.6) is 0 Å². The van der Waals surface area contributed by atoms with E-state index >= 15 is 0 Å². The minimum absolute atomic E-state index is 0.105. The smallest absolute Gasteiger partial charge is 0.0580 e. The highest BCUT2D eigenvalue weighted by molar-refractivity contribution is 6.25. The maximum Gasteiger partial charge on any atom is 0.0580 e. The molecule has 4 atom stereocenters. The largest absolute Gasteiger partial charge is 0.118 e. The topological polar surface area (TPSA) is 0 Å². The van der Waals surface area contributed by atoms with Gasteiger partial charge in [0.25, 0.3) is 0 Å². The molecule has 0 nitrogen and oxygen atoms in total. The molecule has 1 heteroatoms. The Labute approximate surface area is 78.3 Å². The van der Waals surface area contributed by atoms with Crippen molar-refractivity contribution in [2.75, 3.05) is 0 Å². The highest BCUT2D eigenvalue weighted by atomic mass is 35.5. The first-order valence-corrected chi connectivity index (χ1v) is 5.22. The molecule has 0 amide bonds. The number of rotatable bonds is 0. The fraction of sp³-hybridized carbons (Fsp3) is 0.636. The van der Waals surface area contributed by atoms with Gasteiger partial charge in [0.05, 0.1) is 4.87 Å². The summed E-state index contributed by atoms with van der Waals surface area (Å²) in [6, 6.07) is 0. The maximum atomic E-state index is 6.67. The highest BCUT2D eigenvalue weighted by Crippen LogP contribution is 2.58. The van der Waals surface area contributed by atoms with Crippen LogP contribution in [0, 0.1) is 17.8 Å². The molecule has 0 heterocycles. The molecule has 0 N–H and O–H groups in total. The second-order valence-corrected chi connectivity index (χ2v) is 5.01. The van der Waals surface area contributed by atoms with Crippen molar-refractivity contribution in [2.24, 2.45) is 17.8 Å². The van der Waals surface area contributed by atoms with Crippen LogP contribution in [0.4, 0.5) is 0 Å². The van der Waals surface area contributed by atoms with Crippen LogP contribution in [0.1, 0.15) is 19.3 Å². The van der Waals surface area contributed by atoms with E-state index in [0.29, 0.717) is 11.8 Å². The molecule has 2 bridgehead atoms. The molecule has 0 aromatic heterocycles. The Balaban J connectivity index is 2.07. The molecule has 3 aliphatic carbocycles. The van der Waals surface area contributed by atoms with Crippen LogP contribution in [0.3, 0.4) is 0 Å². The zero-order chi connectivity index (χ0) is 8.18. The van der Waals surface area contributed by atoms with Crippen molar-refractivity contribution in [3.8, 4) is 0 Å². The molecule has 0 radical (unpaired) electrons. The normalized spacial score (nSPS) is 54.6. The first-order chi connectivity index (χ1) is 5.81. The Morgan fingerprint density at radius 1 is 1.25 bits per heavy atom. The third-order valence-electron chi connectivity index (χ3n) is 3.79. The Bertz CT molecular complexity index is 266. The number of alkyl halides is 1. The number of hydrogen-bond donors (Lipinski definition) is 0. The van der Waals surface area contributed by atoms with E-state index in [0.717, 1.165) is 5.92 Å². The summed E-state index contributed by atoms with van der Waals surface area (Å²) in [4.78, 5) is 0.105. The Morgan fingerprint density at radius 3 is 3.00 bits per heavy atom. The van der Waals surface area contributed by atoms with Gasteiger partial charge in [-0.15, -0.1) is 11.6 Å². The molecule has 3 rings (SSSR count). The second-order valence-electron chi connectivity index (χ2n) is 4.31. The lowest BCUT2D eigenvalue weighted by Gasteiger charge is -2.37. The molecule has 0 aliphatic heterocycles. The first kappa shape index (κ1) is 7.20. The van der Waals surface area contributed by atoms with E-state index in [2.05, 4.69) is 24.3 Å². The first-order valence-electron chi connectivity index (χ1n) is 4.84. The van der Waals surface area contributed by atoms with E-state index in [1.54, 1.807) is 0 Å². The van der Waals surface area contributed by atoms with Crippen LogP contribution in [0.2, 0.25) is 0 Å². The summed E-state index contributed by atoms with van der Waals surface area (Å²) < 4.78 is 0.